The van der Waals surface area contributed by atoms with Gasteiger partial charge in [-0.05, 0) is 12.1 Å². The molecule has 0 saturated carbocycles. The monoisotopic (exact) mass is 287 g/mol. The fraction of sp³-hybridized carbons (Fsp3) is 0.133. The minimum absolute atomic E-state index is 0.394. The molecule has 1 aliphatic rings. The molecule has 2 aromatic rings. The van der Waals surface area contributed by atoms with E-state index in [1.807, 2.05) is 24.3 Å². The van der Waals surface area contributed by atoms with Crippen LogP contribution in [0.4, 0.5) is 5.69 Å². The van der Waals surface area contributed by atoms with Gasteiger partial charge in [0.1, 0.15) is 0 Å². The van der Waals surface area contributed by atoms with E-state index in [0.717, 1.165) is 16.0 Å². The molecule has 102 valence electrons. The maximum atomic E-state index is 12.6. The number of hydrogen-bond acceptors (Lipinski definition) is 4. The standard InChI is InChI=1S/C15H13NO3S/c1-19-15(17)12-7-10(16)8-14-11(12)6-9-4-2-3-5-13(9)20(14)18/h2-5,7-8H,6,16H2,1H3. The average molecular weight is 287 g/mol. The second kappa shape index (κ2) is 4.85. The molecule has 0 saturated heterocycles. The van der Waals surface area contributed by atoms with Crippen molar-refractivity contribution in [3.05, 3.63) is 53.1 Å². The number of anilines is 1. The number of carbonyl (C=O) groups is 1. The topological polar surface area (TPSA) is 75.4 Å². The van der Waals surface area contributed by atoms with E-state index in [-0.39, 0.29) is 0 Å². The average Bonchev–Trinajstić information content (AvgIpc) is 2.47. The molecule has 2 N–H and O–H groups in total. The Hall–Kier alpha value is -1.98. The van der Waals surface area contributed by atoms with E-state index in [2.05, 4.69) is 0 Å². The molecular formula is C15H13NO3S. The summed E-state index contributed by atoms with van der Waals surface area (Å²) in [6, 6.07) is 10.8. The molecule has 4 nitrogen and oxygen atoms in total. The minimum atomic E-state index is -1.32. The number of rotatable bonds is 1. The first-order valence-electron chi connectivity index (χ1n) is 6.12. The summed E-state index contributed by atoms with van der Waals surface area (Å²) in [4.78, 5) is 13.3. The number of nitrogen functional groups attached to an aromatic ring is 1. The van der Waals surface area contributed by atoms with E-state index in [1.165, 1.54) is 7.11 Å². The molecule has 20 heavy (non-hydrogen) atoms. The molecule has 5 heteroatoms. The van der Waals surface area contributed by atoms with Crippen LogP contribution in [0, 0.1) is 0 Å². The highest BCUT2D eigenvalue weighted by molar-refractivity contribution is 7.91. The third-order valence-electron chi connectivity index (χ3n) is 3.38. The number of methoxy groups -OCH3 is 1. The van der Waals surface area contributed by atoms with Gasteiger partial charge in [-0.2, -0.15) is 0 Å². The number of nitrogens with two attached hydrogens (primary N) is 1. The van der Waals surface area contributed by atoms with Crippen molar-refractivity contribution in [3.8, 4) is 0 Å². The lowest BCUT2D eigenvalue weighted by Crippen LogP contribution is -2.19. The summed E-state index contributed by atoms with van der Waals surface area (Å²) in [7, 11) is 1.33. The number of esters is 1. The summed E-state index contributed by atoms with van der Waals surface area (Å²) < 4.78 is 17.4. The van der Waals surface area contributed by atoms with Crippen LogP contribution >= 0.6 is 0 Å². The SMILES string of the molecule is COC(=O)c1cc(N)cc2c1Cc1ccccc1[S+]2[O-]. The number of fused-ring (bicyclic) bond motifs is 2. The maximum Gasteiger partial charge on any atom is 0.338 e. The van der Waals surface area contributed by atoms with E-state index in [1.54, 1.807) is 12.1 Å². The summed E-state index contributed by atoms with van der Waals surface area (Å²) in [6.07, 6.45) is 0.558. The molecule has 0 spiro atoms. The van der Waals surface area contributed by atoms with Crippen molar-refractivity contribution in [3.63, 3.8) is 0 Å². The molecule has 1 atom stereocenters. The smallest absolute Gasteiger partial charge is 0.338 e. The Balaban J connectivity index is 2.22. The van der Waals surface area contributed by atoms with Crippen LogP contribution in [-0.4, -0.2) is 17.6 Å². The normalized spacial score (nSPS) is 16.2. The molecule has 1 unspecified atom stereocenters. The number of benzene rings is 2. The van der Waals surface area contributed by atoms with Crippen LogP contribution in [0.25, 0.3) is 0 Å². The molecule has 0 aromatic heterocycles. The van der Waals surface area contributed by atoms with Crippen molar-refractivity contribution in [1.82, 2.24) is 0 Å². The third-order valence-corrected chi connectivity index (χ3v) is 4.94. The molecule has 0 amide bonds. The first kappa shape index (κ1) is 13.0. The lowest BCUT2D eigenvalue weighted by atomic mass is 9.98. The molecule has 3 rings (SSSR count). The highest BCUT2D eigenvalue weighted by Gasteiger charge is 2.32. The fourth-order valence-electron chi connectivity index (χ4n) is 2.45. The molecule has 0 bridgehead atoms. The van der Waals surface area contributed by atoms with Crippen molar-refractivity contribution in [2.45, 2.75) is 16.2 Å². The summed E-state index contributed by atoms with van der Waals surface area (Å²) >= 11 is -1.32. The maximum absolute atomic E-state index is 12.6. The van der Waals surface area contributed by atoms with Crippen molar-refractivity contribution in [2.24, 2.45) is 0 Å². The van der Waals surface area contributed by atoms with Crippen LogP contribution in [-0.2, 0) is 22.3 Å². The Labute approximate surface area is 119 Å². The number of carbonyl (C=O) groups excluding carboxylic acids is 1. The Morgan fingerprint density at radius 1 is 1.30 bits per heavy atom. The van der Waals surface area contributed by atoms with E-state index in [0.29, 0.717) is 22.6 Å². The largest absolute Gasteiger partial charge is 0.606 e. The van der Waals surface area contributed by atoms with Gasteiger partial charge in [-0.3, -0.25) is 0 Å². The van der Waals surface area contributed by atoms with Crippen molar-refractivity contribution >= 4 is 22.8 Å². The summed E-state index contributed by atoms with van der Waals surface area (Å²) in [5, 5.41) is 0. The molecular weight excluding hydrogens is 274 g/mol. The zero-order valence-electron chi connectivity index (χ0n) is 10.9. The predicted octanol–water partition coefficient (Wildman–Crippen LogP) is 2.13. The van der Waals surface area contributed by atoms with Crippen LogP contribution in [0.1, 0.15) is 21.5 Å². The van der Waals surface area contributed by atoms with E-state index in [9.17, 15) is 9.35 Å². The molecule has 1 aliphatic heterocycles. The van der Waals surface area contributed by atoms with E-state index >= 15 is 0 Å². The van der Waals surface area contributed by atoms with E-state index < -0.39 is 17.1 Å². The minimum Gasteiger partial charge on any atom is -0.606 e. The van der Waals surface area contributed by atoms with Gasteiger partial charge in [0.05, 0.1) is 12.7 Å². The van der Waals surface area contributed by atoms with Crippen LogP contribution in [0.15, 0.2) is 46.2 Å². The molecule has 0 aliphatic carbocycles. The highest BCUT2D eigenvalue weighted by atomic mass is 32.2. The van der Waals surface area contributed by atoms with Gasteiger partial charge in [-0.15, -0.1) is 0 Å². The fourth-order valence-corrected chi connectivity index (χ4v) is 3.91. The van der Waals surface area contributed by atoms with Crippen molar-refractivity contribution in [1.29, 1.82) is 0 Å². The number of ether oxygens (including phenoxy) is 1. The summed E-state index contributed by atoms with van der Waals surface area (Å²) in [5.41, 5.74) is 8.33. The van der Waals surface area contributed by atoms with Crippen molar-refractivity contribution in [2.75, 3.05) is 12.8 Å². The summed E-state index contributed by atoms with van der Waals surface area (Å²) in [5.74, 6) is -0.454. The first-order valence-corrected chi connectivity index (χ1v) is 7.27. The van der Waals surface area contributed by atoms with Crippen molar-refractivity contribution < 1.29 is 14.1 Å². The summed E-state index contributed by atoms with van der Waals surface area (Å²) in [6.45, 7) is 0. The van der Waals surface area contributed by atoms with Crippen LogP contribution < -0.4 is 5.73 Å². The molecule has 0 fully saturated rings. The second-order valence-corrected chi connectivity index (χ2v) is 6.01. The van der Waals surface area contributed by atoms with Gasteiger partial charge in [-0.25, -0.2) is 4.79 Å². The second-order valence-electron chi connectivity index (χ2n) is 4.59. The highest BCUT2D eigenvalue weighted by Crippen LogP contribution is 2.37. The Morgan fingerprint density at radius 2 is 2.05 bits per heavy atom. The van der Waals surface area contributed by atoms with Gasteiger partial charge in [0.2, 0.25) is 0 Å². The van der Waals surface area contributed by atoms with Gasteiger partial charge >= 0.3 is 5.97 Å². The first-order chi connectivity index (χ1) is 9.61. The zero-order valence-corrected chi connectivity index (χ0v) is 11.7. The Kier molecular flexibility index (Phi) is 3.16. The van der Waals surface area contributed by atoms with Gasteiger partial charge < -0.3 is 15.0 Å². The van der Waals surface area contributed by atoms with Gasteiger partial charge in [-0.1, -0.05) is 18.2 Å². The molecule has 2 aromatic carbocycles. The van der Waals surface area contributed by atoms with Crippen LogP contribution in [0.3, 0.4) is 0 Å². The predicted molar refractivity (Wildman–Crippen MR) is 76.1 cm³/mol. The van der Waals surface area contributed by atoms with Gasteiger partial charge in [0.25, 0.3) is 0 Å². The quantitative estimate of drug-likeness (QED) is 0.495. The molecule has 0 radical (unpaired) electrons. The van der Waals surface area contributed by atoms with E-state index in [4.69, 9.17) is 10.5 Å². The zero-order chi connectivity index (χ0) is 14.3. The number of hydrogen-bond donors (Lipinski definition) is 1. The van der Waals surface area contributed by atoms with Gasteiger partial charge in [0.15, 0.2) is 9.79 Å². The molecule has 1 heterocycles. The lowest BCUT2D eigenvalue weighted by Gasteiger charge is -2.23. The van der Waals surface area contributed by atoms with Crippen LogP contribution in [0.2, 0.25) is 0 Å². The Bertz CT molecular complexity index is 700. The van der Waals surface area contributed by atoms with Gasteiger partial charge in [0, 0.05) is 40.5 Å². The van der Waals surface area contributed by atoms with Crippen LogP contribution in [0.5, 0.6) is 0 Å². The Morgan fingerprint density at radius 3 is 2.80 bits per heavy atom. The third kappa shape index (κ3) is 1.95. The lowest BCUT2D eigenvalue weighted by molar-refractivity contribution is 0.0599.